The maximum atomic E-state index is 11.7. The van der Waals surface area contributed by atoms with Gasteiger partial charge in [-0.25, -0.2) is 4.79 Å². The number of hydrogen-bond acceptors (Lipinski definition) is 3. The quantitative estimate of drug-likeness (QED) is 0.855. The smallest absolute Gasteiger partial charge is 0.422 e. The molecule has 1 aromatic rings. The van der Waals surface area contributed by atoms with Gasteiger partial charge in [0.25, 0.3) is 0 Å². The third-order valence-corrected chi connectivity index (χ3v) is 1.61. The van der Waals surface area contributed by atoms with Gasteiger partial charge in [0, 0.05) is 6.20 Å². The number of anilines is 1. The number of nitrogens with one attached hydrogen (secondary N) is 1. The van der Waals surface area contributed by atoms with Gasteiger partial charge in [-0.1, -0.05) is 0 Å². The lowest BCUT2D eigenvalue weighted by Crippen LogP contribution is -2.23. The number of carbonyl (C=O) groups excluding carboxylic acids is 1. The molecular formula is C9H9F3N2O2. The van der Waals surface area contributed by atoms with Gasteiger partial charge in [0.2, 0.25) is 0 Å². The third kappa shape index (κ3) is 4.16. The number of nitrogens with zero attached hydrogens (tertiary/aromatic N) is 1. The summed E-state index contributed by atoms with van der Waals surface area (Å²) in [6.45, 7) is -0.00247. The first-order chi connectivity index (χ1) is 7.38. The molecule has 0 unspecified atom stereocenters. The van der Waals surface area contributed by atoms with E-state index >= 15 is 0 Å². The highest BCUT2D eigenvalue weighted by molar-refractivity contribution is 5.85. The van der Waals surface area contributed by atoms with Crippen molar-refractivity contribution in [1.29, 1.82) is 0 Å². The van der Waals surface area contributed by atoms with E-state index in [0.717, 1.165) is 0 Å². The van der Waals surface area contributed by atoms with Crippen LogP contribution >= 0.6 is 0 Å². The molecule has 0 aliphatic rings. The van der Waals surface area contributed by atoms with Gasteiger partial charge in [-0.05, 0) is 19.1 Å². The topological polar surface area (TPSA) is 51.2 Å². The minimum atomic E-state index is -4.53. The summed E-state index contributed by atoms with van der Waals surface area (Å²) in [6.07, 6.45) is -4.18. The first-order valence-corrected chi connectivity index (χ1v) is 4.30. The Labute approximate surface area is 89.4 Å². The summed E-state index contributed by atoms with van der Waals surface area (Å²) in [7, 11) is 0. The Morgan fingerprint density at radius 1 is 1.56 bits per heavy atom. The molecule has 0 bridgehead atoms. The van der Waals surface area contributed by atoms with Crippen LogP contribution in [0.3, 0.4) is 0 Å². The molecule has 0 radical (unpaired) electrons. The van der Waals surface area contributed by atoms with Gasteiger partial charge in [0.05, 0.1) is 11.4 Å². The summed E-state index contributed by atoms with van der Waals surface area (Å²) >= 11 is 0. The monoisotopic (exact) mass is 234 g/mol. The number of amides is 1. The summed E-state index contributed by atoms with van der Waals surface area (Å²) < 4.78 is 39.1. The van der Waals surface area contributed by atoms with Gasteiger partial charge < -0.3 is 4.74 Å². The van der Waals surface area contributed by atoms with E-state index in [1.807, 2.05) is 0 Å². The van der Waals surface area contributed by atoms with Gasteiger partial charge in [0.15, 0.2) is 6.61 Å². The summed E-state index contributed by atoms with van der Waals surface area (Å²) in [5.41, 5.74) is 0.807. The SMILES string of the molecule is Cc1ncccc1NC(=O)OCC(F)(F)F. The van der Waals surface area contributed by atoms with E-state index in [4.69, 9.17) is 0 Å². The van der Waals surface area contributed by atoms with Crippen LogP contribution in [0.1, 0.15) is 5.69 Å². The zero-order chi connectivity index (χ0) is 12.2. The fourth-order valence-electron chi connectivity index (χ4n) is 0.910. The normalized spacial score (nSPS) is 11.0. The lowest BCUT2D eigenvalue weighted by Gasteiger charge is -2.09. The molecule has 0 saturated carbocycles. The van der Waals surface area contributed by atoms with Gasteiger partial charge in [-0.15, -0.1) is 0 Å². The molecule has 1 amide bonds. The molecule has 0 aliphatic heterocycles. The highest BCUT2D eigenvalue weighted by Gasteiger charge is 2.29. The maximum Gasteiger partial charge on any atom is 0.422 e. The molecule has 0 saturated heterocycles. The van der Waals surface area contributed by atoms with Crippen molar-refractivity contribution in [3.8, 4) is 0 Å². The summed E-state index contributed by atoms with van der Waals surface area (Å²) in [4.78, 5) is 14.8. The standard InChI is InChI=1S/C9H9F3N2O2/c1-6-7(3-2-4-13-6)14-8(15)16-5-9(10,11)12/h2-4H,5H2,1H3,(H,14,15). The Balaban J connectivity index is 2.50. The van der Waals surface area contributed by atoms with Crippen molar-refractivity contribution in [3.05, 3.63) is 24.0 Å². The zero-order valence-corrected chi connectivity index (χ0v) is 8.34. The minimum Gasteiger partial charge on any atom is -0.440 e. The number of pyridine rings is 1. The molecule has 4 nitrogen and oxygen atoms in total. The van der Waals surface area contributed by atoms with Crippen molar-refractivity contribution in [2.24, 2.45) is 0 Å². The Bertz CT molecular complexity index is 379. The zero-order valence-electron chi connectivity index (χ0n) is 8.34. The first-order valence-electron chi connectivity index (χ1n) is 4.30. The van der Waals surface area contributed by atoms with Crippen LogP contribution in [0.4, 0.5) is 23.7 Å². The number of aryl methyl sites for hydroxylation is 1. The van der Waals surface area contributed by atoms with Crippen LogP contribution in [-0.4, -0.2) is 23.9 Å². The molecule has 0 fully saturated rings. The van der Waals surface area contributed by atoms with E-state index in [9.17, 15) is 18.0 Å². The average Bonchev–Trinajstić information content (AvgIpc) is 2.18. The Morgan fingerprint density at radius 2 is 2.25 bits per heavy atom. The van der Waals surface area contributed by atoms with Gasteiger partial charge in [-0.3, -0.25) is 10.3 Å². The molecule has 1 heterocycles. The van der Waals surface area contributed by atoms with Crippen LogP contribution in [0.2, 0.25) is 0 Å². The number of halogens is 3. The number of aromatic nitrogens is 1. The van der Waals surface area contributed by atoms with Crippen LogP contribution in [0.25, 0.3) is 0 Å². The lowest BCUT2D eigenvalue weighted by molar-refractivity contribution is -0.159. The number of alkyl halides is 3. The average molecular weight is 234 g/mol. The molecule has 0 aliphatic carbocycles. The molecule has 0 atom stereocenters. The predicted molar refractivity (Wildman–Crippen MR) is 50.0 cm³/mol. The van der Waals surface area contributed by atoms with Crippen molar-refractivity contribution in [1.82, 2.24) is 4.98 Å². The van der Waals surface area contributed by atoms with Gasteiger partial charge in [-0.2, -0.15) is 13.2 Å². The fraction of sp³-hybridized carbons (Fsp3) is 0.333. The fourth-order valence-corrected chi connectivity index (χ4v) is 0.910. The van der Waals surface area contributed by atoms with Crippen molar-refractivity contribution in [2.45, 2.75) is 13.1 Å². The van der Waals surface area contributed by atoms with Crippen LogP contribution in [-0.2, 0) is 4.74 Å². The summed E-state index contributed by atoms with van der Waals surface area (Å²) in [5.74, 6) is 0. The molecule has 7 heteroatoms. The van der Waals surface area contributed by atoms with E-state index in [2.05, 4.69) is 15.0 Å². The molecule has 1 N–H and O–H groups in total. The van der Waals surface area contributed by atoms with Crippen molar-refractivity contribution in [3.63, 3.8) is 0 Å². The van der Waals surface area contributed by atoms with Crippen LogP contribution in [0, 0.1) is 6.92 Å². The maximum absolute atomic E-state index is 11.7. The second-order valence-electron chi connectivity index (χ2n) is 2.95. The molecule has 1 rings (SSSR count). The molecule has 88 valence electrons. The number of ether oxygens (including phenoxy) is 1. The summed E-state index contributed by atoms with van der Waals surface area (Å²) in [6, 6.07) is 3.06. The van der Waals surface area contributed by atoms with Crippen LogP contribution < -0.4 is 5.32 Å². The molecule has 0 spiro atoms. The second-order valence-corrected chi connectivity index (χ2v) is 2.95. The number of carbonyl (C=O) groups is 1. The minimum absolute atomic E-state index is 0.315. The molecular weight excluding hydrogens is 225 g/mol. The molecule has 0 aromatic carbocycles. The Morgan fingerprint density at radius 3 is 2.81 bits per heavy atom. The van der Waals surface area contributed by atoms with Gasteiger partial charge >= 0.3 is 12.3 Å². The van der Waals surface area contributed by atoms with E-state index in [1.54, 1.807) is 13.0 Å². The highest BCUT2D eigenvalue weighted by Crippen LogP contribution is 2.15. The first kappa shape index (κ1) is 12.3. The molecule has 16 heavy (non-hydrogen) atoms. The Kier molecular flexibility index (Phi) is 3.70. The van der Waals surface area contributed by atoms with Crippen molar-refractivity contribution < 1.29 is 22.7 Å². The number of hydrogen-bond donors (Lipinski definition) is 1. The number of rotatable bonds is 2. The van der Waals surface area contributed by atoms with Crippen LogP contribution in [0.5, 0.6) is 0 Å². The van der Waals surface area contributed by atoms with Crippen molar-refractivity contribution in [2.75, 3.05) is 11.9 Å². The van der Waals surface area contributed by atoms with E-state index in [1.165, 1.54) is 12.3 Å². The molecule has 1 aromatic heterocycles. The third-order valence-electron chi connectivity index (χ3n) is 1.61. The largest absolute Gasteiger partial charge is 0.440 e. The highest BCUT2D eigenvalue weighted by atomic mass is 19.4. The van der Waals surface area contributed by atoms with E-state index in [0.29, 0.717) is 11.4 Å². The lowest BCUT2D eigenvalue weighted by atomic mass is 10.3. The van der Waals surface area contributed by atoms with Crippen molar-refractivity contribution >= 4 is 11.8 Å². The predicted octanol–water partition coefficient (Wildman–Crippen LogP) is 2.50. The van der Waals surface area contributed by atoms with E-state index in [-0.39, 0.29) is 0 Å². The Hall–Kier alpha value is -1.79. The van der Waals surface area contributed by atoms with E-state index < -0.39 is 18.9 Å². The van der Waals surface area contributed by atoms with Gasteiger partial charge in [0.1, 0.15) is 0 Å². The summed E-state index contributed by atoms with van der Waals surface area (Å²) in [5, 5.41) is 2.16. The second kappa shape index (κ2) is 4.82. The van der Waals surface area contributed by atoms with Crippen LogP contribution in [0.15, 0.2) is 18.3 Å².